The Kier molecular flexibility index (Phi) is 3.81. The maximum absolute atomic E-state index is 12.1. The Labute approximate surface area is 136 Å². The molecule has 2 heterocycles. The van der Waals surface area contributed by atoms with E-state index in [1.54, 1.807) is 13.4 Å². The largest absolute Gasteiger partial charge is 0.369 e. The van der Waals surface area contributed by atoms with Gasteiger partial charge in [0.05, 0.1) is 17.2 Å². The van der Waals surface area contributed by atoms with E-state index in [0.717, 1.165) is 37.6 Å². The summed E-state index contributed by atoms with van der Waals surface area (Å²) in [6, 6.07) is 6.03. The number of piperazine rings is 1. The van der Waals surface area contributed by atoms with Gasteiger partial charge in [-0.1, -0.05) is 6.42 Å². The lowest BCUT2D eigenvalue weighted by Gasteiger charge is -2.39. The van der Waals surface area contributed by atoms with Crippen LogP contribution < -0.4 is 10.5 Å². The van der Waals surface area contributed by atoms with Gasteiger partial charge in [-0.2, -0.15) is 0 Å². The molecule has 0 radical (unpaired) electrons. The highest BCUT2D eigenvalue weighted by atomic mass is 16.1. The van der Waals surface area contributed by atoms with E-state index in [2.05, 4.69) is 26.9 Å². The molecule has 1 aromatic carbocycles. The first-order chi connectivity index (χ1) is 11.2. The van der Waals surface area contributed by atoms with Crippen molar-refractivity contribution in [1.29, 1.82) is 0 Å². The molecular weight excluding hydrogens is 288 g/mol. The Morgan fingerprint density at radius 3 is 2.65 bits per heavy atom. The van der Waals surface area contributed by atoms with Crippen LogP contribution in [0.1, 0.15) is 19.3 Å². The molecule has 1 aliphatic heterocycles. The fraction of sp³-hybridized carbons (Fsp3) is 0.556. The summed E-state index contributed by atoms with van der Waals surface area (Å²) in [4.78, 5) is 21.5. The van der Waals surface area contributed by atoms with Crippen molar-refractivity contribution >= 4 is 16.6 Å². The van der Waals surface area contributed by atoms with Crippen molar-refractivity contribution in [2.75, 3.05) is 37.6 Å². The van der Waals surface area contributed by atoms with E-state index in [-0.39, 0.29) is 5.56 Å². The van der Waals surface area contributed by atoms with Gasteiger partial charge in [0.2, 0.25) is 0 Å². The van der Waals surface area contributed by atoms with Crippen molar-refractivity contribution in [1.82, 2.24) is 14.5 Å². The molecule has 1 saturated heterocycles. The van der Waals surface area contributed by atoms with Gasteiger partial charge in [-0.05, 0) is 37.0 Å². The molecule has 1 aliphatic carbocycles. The second kappa shape index (κ2) is 5.96. The number of hydrogen-bond acceptors (Lipinski definition) is 4. The third-order valence-corrected chi connectivity index (χ3v) is 5.38. The van der Waals surface area contributed by atoms with Crippen molar-refractivity contribution in [2.45, 2.75) is 19.3 Å². The standard InChI is InChI=1S/C18H24N4O/c1-20-13-19-17-11-15(5-6-16(17)18(20)23)22-9-7-21(8-10-22)12-14-3-2-4-14/h5-6,11,13-14H,2-4,7-10,12H2,1H3. The zero-order chi connectivity index (χ0) is 15.8. The van der Waals surface area contributed by atoms with Crippen molar-refractivity contribution in [3.05, 3.63) is 34.9 Å². The van der Waals surface area contributed by atoms with Gasteiger partial charge in [0.15, 0.2) is 0 Å². The highest BCUT2D eigenvalue weighted by Gasteiger charge is 2.23. The van der Waals surface area contributed by atoms with Crippen molar-refractivity contribution < 1.29 is 0 Å². The maximum atomic E-state index is 12.1. The van der Waals surface area contributed by atoms with Crippen LogP contribution in [-0.4, -0.2) is 47.2 Å². The number of benzene rings is 1. The molecule has 2 fully saturated rings. The Morgan fingerprint density at radius 2 is 1.96 bits per heavy atom. The predicted molar refractivity (Wildman–Crippen MR) is 93.0 cm³/mol. The minimum absolute atomic E-state index is 0.0202. The van der Waals surface area contributed by atoms with E-state index in [4.69, 9.17) is 0 Å². The quantitative estimate of drug-likeness (QED) is 0.867. The molecule has 2 aliphatic rings. The van der Waals surface area contributed by atoms with Crippen LogP contribution in [-0.2, 0) is 7.05 Å². The molecule has 0 unspecified atom stereocenters. The monoisotopic (exact) mass is 312 g/mol. The minimum Gasteiger partial charge on any atom is -0.369 e. The molecule has 5 heteroatoms. The first-order valence-corrected chi connectivity index (χ1v) is 8.63. The second-order valence-electron chi connectivity index (χ2n) is 6.95. The van der Waals surface area contributed by atoms with Crippen LogP contribution in [0.25, 0.3) is 10.9 Å². The molecule has 5 nitrogen and oxygen atoms in total. The van der Waals surface area contributed by atoms with E-state index >= 15 is 0 Å². The topological polar surface area (TPSA) is 41.4 Å². The molecule has 23 heavy (non-hydrogen) atoms. The molecule has 4 rings (SSSR count). The Bertz CT molecular complexity index is 757. The summed E-state index contributed by atoms with van der Waals surface area (Å²) >= 11 is 0. The molecular formula is C18H24N4O. The van der Waals surface area contributed by atoms with Crippen LogP contribution in [0.4, 0.5) is 5.69 Å². The molecule has 2 aromatic rings. The molecule has 0 spiro atoms. The molecule has 1 aromatic heterocycles. The maximum Gasteiger partial charge on any atom is 0.260 e. The number of aryl methyl sites for hydroxylation is 1. The average molecular weight is 312 g/mol. The van der Waals surface area contributed by atoms with Crippen molar-refractivity contribution in [3.63, 3.8) is 0 Å². The molecule has 0 N–H and O–H groups in total. The fourth-order valence-electron chi connectivity index (χ4n) is 3.62. The van der Waals surface area contributed by atoms with Gasteiger partial charge in [-0.25, -0.2) is 4.98 Å². The minimum atomic E-state index is 0.0202. The molecule has 0 atom stereocenters. The van der Waals surface area contributed by atoms with Crippen LogP contribution in [0.5, 0.6) is 0 Å². The number of rotatable bonds is 3. The van der Waals surface area contributed by atoms with Crippen molar-refractivity contribution in [3.8, 4) is 0 Å². The van der Waals surface area contributed by atoms with Gasteiger partial charge in [0.25, 0.3) is 5.56 Å². The zero-order valence-electron chi connectivity index (χ0n) is 13.7. The Balaban J connectivity index is 1.47. The third kappa shape index (κ3) is 2.85. The smallest absolute Gasteiger partial charge is 0.260 e. The van der Waals surface area contributed by atoms with Crippen LogP contribution >= 0.6 is 0 Å². The SMILES string of the molecule is Cn1cnc2cc(N3CCN(CC4CCC4)CC3)ccc2c1=O. The first kappa shape index (κ1) is 14.7. The molecule has 1 saturated carbocycles. The van der Waals surface area contributed by atoms with E-state index in [1.807, 2.05) is 6.07 Å². The van der Waals surface area contributed by atoms with Gasteiger partial charge in [-0.3, -0.25) is 9.69 Å². The van der Waals surface area contributed by atoms with Crippen LogP contribution in [0, 0.1) is 5.92 Å². The lowest BCUT2D eigenvalue weighted by atomic mass is 9.85. The lowest BCUT2D eigenvalue weighted by Crippen LogP contribution is -2.48. The summed E-state index contributed by atoms with van der Waals surface area (Å²) in [6.07, 6.45) is 5.87. The van der Waals surface area contributed by atoms with Crippen molar-refractivity contribution in [2.24, 2.45) is 13.0 Å². The van der Waals surface area contributed by atoms with Crippen LogP contribution in [0.3, 0.4) is 0 Å². The van der Waals surface area contributed by atoms with Gasteiger partial charge < -0.3 is 9.47 Å². The lowest BCUT2D eigenvalue weighted by molar-refractivity contribution is 0.170. The first-order valence-electron chi connectivity index (χ1n) is 8.63. The summed E-state index contributed by atoms with van der Waals surface area (Å²) in [5.41, 5.74) is 2.00. The second-order valence-corrected chi connectivity index (χ2v) is 6.95. The summed E-state index contributed by atoms with van der Waals surface area (Å²) in [7, 11) is 1.74. The summed E-state index contributed by atoms with van der Waals surface area (Å²) in [5.74, 6) is 0.947. The Morgan fingerprint density at radius 1 is 1.17 bits per heavy atom. The van der Waals surface area contributed by atoms with Crippen LogP contribution in [0.2, 0.25) is 0 Å². The molecule has 0 amide bonds. The number of fused-ring (bicyclic) bond motifs is 1. The van der Waals surface area contributed by atoms with Gasteiger partial charge in [0.1, 0.15) is 0 Å². The predicted octanol–water partition coefficient (Wildman–Crippen LogP) is 1.86. The van der Waals surface area contributed by atoms with Gasteiger partial charge in [-0.15, -0.1) is 0 Å². The van der Waals surface area contributed by atoms with Gasteiger partial charge in [0, 0.05) is 45.5 Å². The van der Waals surface area contributed by atoms with E-state index in [9.17, 15) is 4.79 Å². The Hall–Kier alpha value is -1.88. The highest BCUT2D eigenvalue weighted by molar-refractivity contribution is 5.81. The molecule has 122 valence electrons. The highest BCUT2D eigenvalue weighted by Crippen LogP contribution is 2.28. The fourth-order valence-corrected chi connectivity index (χ4v) is 3.62. The number of anilines is 1. The summed E-state index contributed by atoms with van der Waals surface area (Å²) < 4.78 is 1.53. The van der Waals surface area contributed by atoms with Crippen LogP contribution in [0.15, 0.2) is 29.3 Å². The number of nitrogens with zero attached hydrogens (tertiary/aromatic N) is 4. The zero-order valence-corrected chi connectivity index (χ0v) is 13.7. The van der Waals surface area contributed by atoms with E-state index in [0.29, 0.717) is 5.39 Å². The normalized spacial score (nSPS) is 20.0. The summed E-state index contributed by atoms with van der Waals surface area (Å²) in [5, 5.41) is 0.697. The molecule has 0 bridgehead atoms. The summed E-state index contributed by atoms with van der Waals surface area (Å²) in [6.45, 7) is 5.67. The third-order valence-electron chi connectivity index (χ3n) is 5.38. The number of aromatic nitrogens is 2. The van der Waals surface area contributed by atoms with E-state index in [1.165, 1.54) is 36.1 Å². The van der Waals surface area contributed by atoms with E-state index < -0.39 is 0 Å². The number of hydrogen-bond donors (Lipinski definition) is 0. The average Bonchev–Trinajstić information content (AvgIpc) is 2.55. The van der Waals surface area contributed by atoms with Gasteiger partial charge >= 0.3 is 0 Å².